The second-order valence-electron chi connectivity index (χ2n) is 4.80. The van der Waals surface area contributed by atoms with Crippen LogP contribution >= 0.6 is 15.9 Å². The van der Waals surface area contributed by atoms with Crippen LogP contribution in [-0.2, 0) is 0 Å². The Morgan fingerprint density at radius 2 is 2.20 bits per heavy atom. The predicted octanol–water partition coefficient (Wildman–Crippen LogP) is 3.44. The maximum atomic E-state index is 13.5. The monoisotopic (exact) mass is 339 g/mol. The molecule has 0 fully saturated rings. The van der Waals surface area contributed by atoms with Crippen LogP contribution in [0.5, 0.6) is 0 Å². The average molecular weight is 340 g/mol. The molecule has 1 aromatic heterocycles. The number of carbonyl (C=O) groups is 1. The van der Waals surface area contributed by atoms with E-state index < -0.39 is 5.82 Å². The van der Waals surface area contributed by atoms with Gasteiger partial charge in [-0.25, -0.2) is 9.37 Å². The first-order valence-corrected chi connectivity index (χ1v) is 7.03. The summed E-state index contributed by atoms with van der Waals surface area (Å²) in [5.74, 6) is 0.0552. The van der Waals surface area contributed by atoms with E-state index in [1.807, 2.05) is 13.8 Å². The number of H-pyrrole nitrogens is 1. The molecule has 2 aromatic rings. The summed E-state index contributed by atoms with van der Waals surface area (Å²) in [6.07, 6.45) is 3.34. The van der Waals surface area contributed by atoms with Crippen molar-refractivity contribution in [3.05, 3.63) is 52.3 Å². The van der Waals surface area contributed by atoms with Gasteiger partial charge in [-0.05, 0) is 40.0 Å². The number of nitrogens with one attached hydrogen (secondary N) is 2. The topological polar surface area (TPSA) is 57.8 Å². The van der Waals surface area contributed by atoms with Gasteiger partial charge in [0.2, 0.25) is 0 Å². The largest absolute Gasteiger partial charge is 0.347 e. The molecule has 1 atom stereocenters. The standard InChI is InChI=1S/C14H15BrFN3O/c1-8(2)12(13-17-5-6-18-13)19-14(20)9-3-4-10(15)11(16)7-9/h3-8,12H,1-2H3,(H,17,18)(H,19,20). The first-order chi connectivity index (χ1) is 9.49. The number of carbonyl (C=O) groups excluding carboxylic acids is 1. The summed E-state index contributed by atoms with van der Waals surface area (Å²) < 4.78 is 13.8. The molecule has 6 heteroatoms. The van der Waals surface area contributed by atoms with E-state index in [9.17, 15) is 9.18 Å². The van der Waals surface area contributed by atoms with Gasteiger partial charge in [-0.1, -0.05) is 13.8 Å². The lowest BCUT2D eigenvalue weighted by Gasteiger charge is -2.20. The van der Waals surface area contributed by atoms with Gasteiger partial charge >= 0.3 is 0 Å². The minimum atomic E-state index is -0.461. The first-order valence-electron chi connectivity index (χ1n) is 6.24. The van der Waals surface area contributed by atoms with Gasteiger partial charge in [-0.2, -0.15) is 0 Å². The zero-order valence-corrected chi connectivity index (χ0v) is 12.7. The fraction of sp³-hybridized carbons (Fsp3) is 0.286. The molecule has 0 saturated carbocycles. The Bertz CT molecular complexity index is 598. The fourth-order valence-corrected chi connectivity index (χ4v) is 2.11. The third-order valence-corrected chi connectivity index (χ3v) is 3.59. The molecule has 0 radical (unpaired) electrons. The Labute approximate surface area is 124 Å². The van der Waals surface area contributed by atoms with Crippen LogP contribution in [0.15, 0.2) is 35.1 Å². The van der Waals surface area contributed by atoms with E-state index >= 15 is 0 Å². The zero-order chi connectivity index (χ0) is 14.7. The molecule has 106 valence electrons. The number of rotatable bonds is 4. The van der Waals surface area contributed by atoms with Crippen molar-refractivity contribution in [2.75, 3.05) is 0 Å². The zero-order valence-electron chi connectivity index (χ0n) is 11.2. The summed E-state index contributed by atoms with van der Waals surface area (Å²) in [6.45, 7) is 3.96. The summed E-state index contributed by atoms with van der Waals surface area (Å²) in [4.78, 5) is 19.3. The highest BCUT2D eigenvalue weighted by atomic mass is 79.9. The molecule has 4 nitrogen and oxygen atoms in total. The van der Waals surface area contributed by atoms with Crippen LogP contribution in [0, 0.1) is 11.7 Å². The smallest absolute Gasteiger partial charge is 0.251 e. The highest BCUT2D eigenvalue weighted by Crippen LogP contribution is 2.20. The number of halogens is 2. The SMILES string of the molecule is CC(C)C(NC(=O)c1ccc(Br)c(F)c1)c1ncc[nH]1. The van der Waals surface area contributed by atoms with Crippen molar-refractivity contribution in [3.63, 3.8) is 0 Å². The normalized spacial score (nSPS) is 12.4. The quantitative estimate of drug-likeness (QED) is 0.896. The van der Waals surface area contributed by atoms with Gasteiger partial charge in [0.1, 0.15) is 11.6 Å². The van der Waals surface area contributed by atoms with Crippen LogP contribution in [0.4, 0.5) is 4.39 Å². The van der Waals surface area contributed by atoms with E-state index in [0.29, 0.717) is 10.3 Å². The second-order valence-corrected chi connectivity index (χ2v) is 5.65. The van der Waals surface area contributed by atoms with Gasteiger partial charge in [0.15, 0.2) is 0 Å². The maximum Gasteiger partial charge on any atom is 0.251 e. The molecule has 2 N–H and O–H groups in total. The number of aromatic amines is 1. The molecule has 1 amide bonds. The third-order valence-electron chi connectivity index (χ3n) is 2.95. The van der Waals surface area contributed by atoms with Crippen LogP contribution in [-0.4, -0.2) is 15.9 Å². The Morgan fingerprint density at radius 3 is 2.75 bits per heavy atom. The Kier molecular flexibility index (Phi) is 4.54. The van der Waals surface area contributed by atoms with Crippen LogP contribution in [0.1, 0.15) is 36.1 Å². The van der Waals surface area contributed by atoms with Crippen LogP contribution in [0.3, 0.4) is 0 Å². The number of aromatic nitrogens is 2. The minimum absolute atomic E-state index is 0.158. The number of hydrogen-bond donors (Lipinski definition) is 2. The third kappa shape index (κ3) is 3.25. The van der Waals surface area contributed by atoms with Crippen molar-refractivity contribution in [1.82, 2.24) is 15.3 Å². The molecule has 0 aliphatic carbocycles. The van der Waals surface area contributed by atoms with Gasteiger partial charge in [0, 0.05) is 18.0 Å². The summed E-state index contributed by atoms with van der Waals surface area (Å²) in [6, 6.07) is 4.05. The Hall–Kier alpha value is -1.69. The summed E-state index contributed by atoms with van der Waals surface area (Å²) in [5, 5.41) is 2.87. The molecule has 0 bridgehead atoms. The Morgan fingerprint density at radius 1 is 1.45 bits per heavy atom. The van der Waals surface area contributed by atoms with Crippen molar-refractivity contribution >= 4 is 21.8 Å². The minimum Gasteiger partial charge on any atom is -0.347 e. The van der Waals surface area contributed by atoms with Crippen molar-refractivity contribution in [2.24, 2.45) is 5.92 Å². The lowest BCUT2D eigenvalue weighted by atomic mass is 10.0. The van der Waals surface area contributed by atoms with E-state index in [1.54, 1.807) is 18.5 Å². The number of benzene rings is 1. The van der Waals surface area contributed by atoms with E-state index in [-0.39, 0.29) is 23.4 Å². The Balaban J connectivity index is 2.18. The summed E-state index contributed by atoms with van der Waals surface area (Å²) in [7, 11) is 0. The van der Waals surface area contributed by atoms with E-state index in [0.717, 1.165) is 0 Å². The molecule has 1 aromatic carbocycles. The van der Waals surface area contributed by atoms with Gasteiger partial charge in [-0.15, -0.1) is 0 Å². The molecule has 0 spiro atoms. The summed E-state index contributed by atoms with van der Waals surface area (Å²) in [5.41, 5.74) is 0.280. The van der Waals surface area contributed by atoms with Crippen LogP contribution in [0.25, 0.3) is 0 Å². The van der Waals surface area contributed by atoms with Gasteiger partial charge in [0.05, 0.1) is 10.5 Å². The molecule has 20 heavy (non-hydrogen) atoms. The fourth-order valence-electron chi connectivity index (χ4n) is 1.86. The average Bonchev–Trinajstić information content (AvgIpc) is 2.92. The molecule has 0 aliphatic heterocycles. The molecule has 1 unspecified atom stereocenters. The highest BCUT2D eigenvalue weighted by Gasteiger charge is 2.21. The first kappa shape index (κ1) is 14.7. The lowest BCUT2D eigenvalue weighted by Crippen LogP contribution is -2.32. The van der Waals surface area contributed by atoms with Crippen molar-refractivity contribution in [1.29, 1.82) is 0 Å². The number of amides is 1. The molecule has 0 aliphatic rings. The molecule has 1 heterocycles. The van der Waals surface area contributed by atoms with Crippen molar-refractivity contribution in [3.8, 4) is 0 Å². The molecular weight excluding hydrogens is 325 g/mol. The van der Waals surface area contributed by atoms with Crippen molar-refractivity contribution in [2.45, 2.75) is 19.9 Å². The van der Waals surface area contributed by atoms with Crippen LogP contribution < -0.4 is 5.32 Å². The summed E-state index contributed by atoms with van der Waals surface area (Å²) >= 11 is 3.06. The molecule has 0 saturated heterocycles. The highest BCUT2D eigenvalue weighted by molar-refractivity contribution is 9.10. The van der Waals surface area contributed by atoms with Gasteiger partial charge < -0.3 is 10.3 Å². The number of nitrogens with zero attached hydrogens (tertiary/aromatic N) is 1. The number of imidazole rings is 1. The van der Waals surface area contributed by atoms with E-state index in [4.69, 9.17) is 0 Å². The lowest BCUT2D eigenvalue weighted by molar-refractivity contribution is 0.0923. The van der Waals surface area contributed by atoms with E-state index in [1.165, 1.54) is 12.1 Å². The van der Waals surface area contributed by atoms with Crippen molar-refractivity contribution < 1.29 is 9.18 Å². The van der Waals surface area contributed by atoms with Gasteiger partial charge in [0.25, 0.3) is 5.91 Å². The molecule has 2 rings (SSSR count). The second kappa shape index (κ2) is 6.17. The molecular formula is C14H15BrFN3O. The number of hydrogen-bond acceptors (Lipinski definition) is 2. The maximum absolute atomic E-state index is 13.5. The van der Waals surface area contributed by atoms with Gasteiger partial charge in [-0.3, -0.25) is 4.79 Å². The van der Waals surface area contributed by atoms with Crippen LogP contribution in [0.2, 0.25) is 0 Å². The predicted molar refractivity (Wildman–Crippen MR) is 77.7 cm³/mol. The van der Waals surface area contributed by atoms with E-state index in [2.05, 4.69) is 31.2 Å².